The summed E-state index contributed by atoms with van der Waals surface area (Å²) in [7, 11) is 1.71. The van der Waals surface area contributed by atoms with Gasteiger partial charge in [0.15, 0.2) is 6.29 Å². The van der Waals surface area contributed by atoms with Crippen LogP contribution in [0.3, 0.4) is 0 Å². The van der Waals surface area contributed by atoms with Gasteiger partial charge in [-0.2, -0.15) is 0 Å². The van der Waals surface area contributed by atoms with Crippen molar-refractivity contribution in [2.45, 2.75) is 38.6 Å². The van der Waals surface area contributed by atoms with Gasteiger partial charge in [-0.15, -0.1) is 0 Å². The minimum absolute atomic E-state index is 0. The molecule has 1 fully saturated rings. The quantitative estimate of drug-likeness (QED) is 0.440. The molecule has 1 aliphatic rings. The van der Waals surface area contributed by atoms with Crippen molar-refractivity contribution in [2.24, 2.45) is 0 Å². The fraction of sp³-hybridized carbons (Fsp3) is 0.438. The third kappa shape index (κ3) is 6.24. The van der Waals surface area contributed by atoms with E-state index in [-0.39, 0.29) is 50.6 Å². The second-order valence-corrected chi connectivity index (χ2v) is 5.34. The number of carbonyl (C=O) groups is 3. The third-order valence-corrected chi connectivity index (χ3v) is 3.44. The number of phenolic OH excluding ortho intramolecular Hbond substituents is 1. The number of imide groups is 1. The van der Waals surface area contributed by atoms with E-state index in [2.05, 4.69) is 10.6 Å². The van der Waals surface area contributed by atoms with E-state index in [1.165, 1.54) is 6.07 Å². The average Bonchev–Trinajstić information content (AvgIpc) is 2.47. The van der Waals surface area contributed by atoms with Crippen LogP contribution in [-0.4, -0.2) is 36.3 Å². The molecule has 1 atom stereocenters. The van der Waals surface area contributed by atoms with Crippen molar-refractivity contribution in [1.29, 1.82) is 0 Å². The summed E-state index contributed by atoms with van der Waals surface area (Å²) in [6, 6.07) is 4.94. The van der Waals surface area contributed by atoms with Crippen LogP contribution in [0.25, 0.3) is 0 Å². The Bertz CT molecular complexity index is 561. The largest absolute Gasteiger partial charge is 0.507 e. The molecule has 1 saturated heterocycles. The number of hydrogen-bond donors (Lipinski definition) is 3. The minimum Gasteiger partial charge on any atom is -0.507 e. The molecular formula is C16H22N2O4W. The van der Waals surface area contributed by atoms with Crippen LogP contribution in [0.5, 0.6) is 5.75 Å². The first-order valence-corrected chi connectivity index (χ1v) is 7.18. The van der Waals surface area contributed by atoms with E-state index in [1.54, 1.807) is 13.1 Å². The summed E-state index contributed by atoms with van der Waals surface area (Å²) >= 11 is 0. The van der Waals surface area contributed by atoms with Gasteiger partial charge in [0.2, 0.25) is 11.8 Å². The average molecular weight is 490 g/mol. The summed E-state index contributed by atoms with van der Waals surface area (Å²) < 4.78 is 0. The summed E-state index contributed by atoms with van der Waals surface area (Å²) in [5, 5.41) is 14.4. The van der Waals surface area contributed by atoms with E-state index in [1.807, 2.05) is 19.9 Å². The first-order chi connectivity index (χ1) is 10.4. The topological polar surface area (TPSA) is 95.5 Å². The maximum absolute atomic E-state index is 10.8. The Morgan fingerprint density at radius 1 is 1.35 bits per heavy atom. The summed E-state index contributed by atoms with van der Waals surface area (Å²) in [4.78, 5) is 32.0. The molecule has 6 nitrogen and oxygen atoms in total. The standard InChI is InChI=1S/C10H12O2.C6H10N2O2.W/c1-7(2)8-4-3-5-10(12)9(8)6-11;1-7-4-2-3-5(9)8-6(4)10;/h3-7,12H,1-2H3;4,7H,2-3H2,1H3,(H,8,9,10);. The molecule has 0 radical (unpaired) electrons. The van der Waals surface area contributed by atoms with Gasteiger partial charge in [-0.05, 0) is 31.0 Å². The number of aromatic hydroxyl groups is 1. The van der Waals surface area contributed by atoms with Crippen LogP contribution in [0, 0.1) is 0 Å². The van der Waals surface area contributed by atoms with Gasteiger partial charge in [0.05, 0.1) is 11.6 Å². The van der Waals surface area contributed by atoms with Crippen molar-refractivity contribution >= 4 is 18.1 Å². The molecule has 0 saturated carbocycles. The van der Waals surface area contributed by atoms with Gasteiger partial charge >= 0.3 is 0 Å². The Labute approximate surface area is 150 Å². The maximum Gasteiger partial charge on any atom is 0.243 e. The Kier molecular flexibility index (Phi) is 9.61. The van der Waals surface area contributed by atoms with E-state index < -0.39 is 0 Å². The van der Waals surface area contributed by atoms with Crippen molar-refractivity contribution in [2.75, 3.05) is 7.05 Å². The van der Waals surface area contributed by atoms with Crippen LogP contribution in [0.1, 0.15) is 48.5 Å². The Morgan fingerprint density at radius 2 is 2.00 bits per heavy atom. The first-order valence-electron chi connectivity index (χ1n) is 7.18. The monoisotopic (exact) mass is 490 g/mol. The fourth-order valence-corrected chi connectivity index (χ4v) is 2.17. The number of aldehydes is 1. The van der Waals surface area contributed by atoms with E-state index in [0.29, 0.717) is 24.7 Å². The molecule has 1 aromatic carbocycles. The molecule has 0 spiro atoms. The van der Waals surface area contributed by atoms with E-state index in [4.69, 9.17) is 0 Å². The fourth-order valence-electron chi connectivity index (χ4n) is 2.17. The molecule has 23 heavy (non-hydrogen) atoms. The molecule has 2 rings (SSSR count). The van der Waals surface area contributed by atoms with Crippen LogP contribution >= 0.6 is 0 Å². The maximum atomic E-state index is 10.8. The zero-order chi connectivity index (χ0) is 16.7. The zero-order valence-corrected chi connectivity index (χ0v) is 16.4. The molecular weight excluding hydrogens is 468 g/mol. The number of likely N-dealkylation sites (N-methyl/N-ethyl adjacent to an activating group) is 1. The summed E-state index contributed by atoms with van der Waals surface area (Å²) in [6.07, 6.45) is 1.75. The number of carbonyl (C=O) groups excluding carboxylic acids is 3. The summed E-state index contributed by atoms with van der Waals surface area (Å²) in [5.74, 6) is -0.0521. The number of nitrogens with one attached hydrogen (secondary N) is 2. The predicted octanol–water partition coefficient (Wildman–Crippen LogP) is 1.34. The zero-order valence-electron chi connectivity index (χ0n) is 13.5. The van der Waals surface area contributed by atoms with Crippen LogP contribution in [0.4, 0.5) is 0 Å². The van der Waals surface area contributed by atoms with Crippen molar-refractivity contribution in [1.82, 2.24) is 10.6 Å². The molecule has 0 bridgehead atoms. The molecule has 126 valence electrons. The Morgan fingerprint density at radius 3 is 2.43 bits per heavy atom. The molecule has 0 aromatic heterocycles. The van der Waals surface area contributed by atoms with Gasteiger partial charge < -0.3 is 10.4 Å². The number of phenols is 1. The molecule has 1 unspecified atom stereocenters. The van der Waals surface area contributed by atoms with Gasteiger partial charge in [0, 0.05) is 27.5 Å². The minimum atomic E-state index is -0.209. The van der Waals surface area contributed by atoms with Gasteiger partial charge in [0.1, 0.15) is 5.75 Å². The molecule has 1 heterocycles. The second kappa shape index (κ2) is 10.3. The van der Waals surface area contributed by atoms with Crippen molar-refractivity contribution in [3.8, 4) is 5.75 Å². The number of benzene rings is 1. The first kappa shape index (κ1) is 21.5. The summed E-state index contributed by atoms with van der Waals surface area (Å²) in [5.41, 5.74) is 1.30. The van der Waals surface area contributed by atoms with E-state index in [9.17, 15) is 19.5 Å². The van der Waals surface area contributed by atoms with Gasteiger partial charge in [-0.1, -0.05) is 26.0 Å². The van der Waals surface area contributed by atoms with Gasteiger partial charge in [-0.3, -0.25) is 19.7 Å². The number of amides is 2. The van der Waals surface area contributed by atoms with Crippen molar-refractivity contribution in [3.63, 3.8) is 0 Å². The molecule has 1 aromatic rings. The number of hydrogen-bond acceptors (Lipinski definition) is 5. The van der Waals surface area contributed by atoms with Crippen molar-refractivity contribution < 1.29 is 40.6 Å². The predicted molar refractivity (Wildman–Crippen MR) is 82.8 cm³/mol. The van der Waals surface area contributed by atoms with Crippen LogP contribution in [-0.2, 0) is 30.7 Å². The van der Waals surface area contributed by atoms with Crippen LogP contribution in [0.15, 0.2) is 18.2 Å². The molecule has 3 N–H and O–H groups in total. The molecule has 0 aliphatic carbocycles. The van der Waals surface area contributed by atoms with Crippen molar-refractivity contribution in [3.05, 3.63) is 29.3 Å². The normalized spacial score (nSPS) is 16.8. The van der Waals surface area contributed by atoms with Gasteiger partial charge in [-0.25, -0.2) is 0 Å². The SMILES string of the molecule is CC(C)c1cccc(O)c1C=O.CNC1CCC(=O)NC1=O.[W]. The molecule has 2 amide bonds. The van der Waals surface area contributed by atoms with Gasteiger partial charge in [0.25, 0.3) is 0 Å². The third-order valence-electron chi connectivity index (χ3n) is 3.44. The van der Waals surface area contributed by atoms with E-state index >= 15 is 0 Å². The number of rotatable bonds is 3. The van der Waals surface area contributed by atoms with Crippen LogP contribution < -0.4 is 10.6 Å². The summed E-state index contributed by atoms with van der Waals surface area (Å²) in [6.45, 7) is 3.98. The van der Waals surface area contributed by atoms with Crippen LogP contribution in [0.2, 0.25) is 0 Å². The molecule has 7 heteroatoms. The van der Waals surface area contributed by atoms with E-state index in [0.717, 1.165) is 5.56 Å². The Hall–Kier alpha value is -1.52. The second-order valence-electron chi connectivity index (χ2n) is 5.34. The number of piperidine rings is 1. The smallest absolute Gasteiger partial charge is 0.243 e. The Balaban J connectivity index is 0.000000409. The molecule has 1 aliphatic heterocycles.